The lowest BCUT2D eigenvalue weighted by Crippen LogP contribution is -2.46. The largest absolute Gasteiger partial charge is 0.493 e. The predicted molar refractivity (Wildman–Crippen MR) is 112 cm³/mol. The van der Waals surface area contributed by atoms with E-state index in [1.807, 2.05) is 23.6 Å². The Kier molecular flexibility index (Phi) is 6.13. The molecule has 0 amide bonds. The van der Waals surface area contributed by atoms with Gasteiger partial charge in [0.05, 0.1) is 25.1 Å². The van der Waals surface area contributed by atoms with Crippen LogP contribution < -0.4 is 9.47 Å². The Morgan fingerprint density at radius 2 is 1.86 bits per heavy atom. The van der Waals surface area contributed by atoms with Crippen LogP contribution in [0.25, 0.3) is 10.8 Å². The predicted octanol–water partition coefficient (Wildman–Crippen LogP) is 3.69. The van der Waals surface area contributed by atoms with E-state index >= 15 is 0 Å². The Morgan fingerprint density at radius 3 is 2.55 bits per heavy atom. The van der Waals surface area contributed by atoms with E-state index in [1.54, 1.807) is 25.6 Å². The third-order valence-corrected chi connectivity index (χ3v) is 6.20. The second-order valence-corrected chi connectivity index (χ2v) is 8.05. The van der Waals surface area contributed by atoms with Gasteiger partial charge in [-0.2, -0.15) is 0 Å². The highest BCUT2D eigenvalue weighted by Crippen LogP contribution is 2.29. The van der Waals surface area contributed by atoms with Gasteiger partial charge in [-0.3, -0.25) is 9.80 Å². The highest BCUT2D eigenvalue weighted by Gasteiger charge is 2.26. The third-order valence-electron chi connectivity index (χ3n) is 5.34. The Balaban J connectivity index is 1.33. The van der Waals surface area contributed by atoms with Gasteiger partial charge in [-0.05, 0) is 36.1 Å². The third kappa shape index (κ3) is 4.44. The number of nitrogens with zero attached hydrogens (tertiary/aromatic N) is 4. The number of benzene rings is 1. The van der Waals surface area contributed by atoms with Crippen LogP contribution >= 0.6 is 11.3 Å². The molecule has 0 spiro atoms. The molecule has 0 aliphatic carbocycles. The first-order valence-corrected chi connectivity index (χ1v) is 10.6. The van der Waals surface area contributed by atoms with Crippen LogP contribution in [-0.4, -0.2) is 60.4 Å². The first-order chi connectivity index (χ1) is 14.2. The van der Waals surface area contributed by atoms with E-state index in [1.165, 1.54) is 5.56 Å². The van der Waals surface area contributed by atoms with Crippen LogP contribution in [0.4, 0.5) is 0 Å². The maximum Gasteiger partial charge on any atom is 0.257 e. The molecular formula is C21H26N4O3S. The number of hydrogen-bond acceptors (Lipinski definition) is 8. The molecule has 3 heterocycles. The van der Waals surface area contributed by atoms with Crippen LogP contribution in [0, 0.1) is 0 Å². The lowest BCUT2D eigenvalue weighted by atomic mass is 10.1. The zero-order valence-electron chi connectivity index (χ0n) is 17.0. The summed E-state index contributed by atoms with van der Waals surface area (Å²) < 4.78 is 16.7. The number of thiophene rings is 1. The summed E-state index contributed by atoms with van der Waals surface area (Å²) in [6.45, 7) is 6.94. The molecule has 1 saturated heterocycles. The summed E-state index contributed by atoms with van der Waals surface area (Å²) in [5.74, 6) is 2.82. The minimum absolute atomic E-state index is 0.111. The van der Waals surface area contributed by atoms with Crippen molar-refractivity contribution < 1.29 is 13.9 Å². The maximum absolute atomic E-state index is 5.92. The van der Waals surface area contributed by atoms with Crippen LogP contribution in [0.2, 0.25) is 0 Å². The molecule has 1 atom stereocenters. The molecule has 29 heavy (non-hydrogen) atoms. The van der Waals surface area contributed by atoms with Crippen molar-refractivity contribution in [2.75, 3.05) is 40.4 Å². The molecule has 154 valence electrons. The maximum atomic E-state index is 5.92. The number of piperazine rings is 1. The van der Waals surface area contributed by atoms with Crippen LogP contribution in [0.5, 0.6) is 11.5 Å². The fourth-order valence-corrected chi connectivity index (χ4v) is 4.25. The summed E-state index contributed by atoms with van der Waals surface area (Å²) in [5.41, 5.74) is 1.22. The number of rotatable bonds is 7. The van der Waals surface area contributed by atoms with E-state index in [9.17, 15) is 0 Å². The lowest BCUT2D eigenvalue weighted by molar-refractivity contribution is 0.0875. The van der Waals surface area contributed by atoms with Crippen molar-refractivity contribution >= 4 is 11.3 Å². The number of methoxy groups -OCH3 is 2. The minimum Gasteiger partial charge on any atom is -0.493 e. The van der Waals surface area contributed by atoms with Crippen molar-refractivity contribution in [3.05, 3.63) is 47.2 Å². The topological polar surface area (TPSA) is 63.9 Å². The van der Waals surface area contributed by atoms with Crippen molar-refractivity contribution in [1.82, 2.24) is 20.0 Å². The molecule has 0 unspecified atom stereocenters. The van der Waals surface area contributed by atoms with E-state index < -0.39 is 0 Å². The lowest BCUT2D eigenvalue weighted by Gasteiger charge is -2.36. The Bertz CT molecular complexity index is 920. The Hall–Kier alpha value is -2.42. The van der Waals surface area contributed by atoms with Crippen molar-refractivity contribution in [3.63, 3.8) is 0 Å². The number of hydrogen-bond donors (Lipinski definition) is 0. The minimum atomic E-state index is 0.111. The molecule has 0 N–H and O–H groups in total. The highest BCUT2D eigenvalue weighted by molar-refractivity contribution is 7.13. The Labute approximate surface area is 174 Å². The average molecular weight is 415 g/mol. The van der Waals surface area contributed by atoms with Gasteiger partial charge in [0.2, 0.25) is 5.89 Å². The molecule has 2 aromatic heterocycles. The molecule has 4 rings (SSSR count). The molecule has 7 nitrogen and oxygen atoms in total. The first-order valence-electron chi connectivity index (χ1n) is 9.72. The van der Waals surface area contributed by atoms with Gasteiger partial charge in [0, 0.05) is 32.7 Å². The SMILES string of the molecule is COc1ccc(CN2CCN([C@@H](C)c3nnc(-c4cccs4)o3)CC2)cc1OC. The van der Waals surface area contributed by atoms with Crippen molar-refractivity contribution in [2.45, 2.75) is 19.5 Å². The van der Waals surface area contributed by atoms with Crippen LogP contribution in [0.3, 0.4) is 0 Å². The van der Waals surface area contributed by atoms with Crippen LogP contribution in [0.1, 0.15) is 24.4 Å². The summed E-state index contributed by atoms with van der Waals surface area (Å²) in [4.78, 5) is 5.86. The summed E-state index contributed by atoms with van der Waals surface area (Å²) >= 11 is 1.61. The van der Waals surface area contributed by atoms with Gasteiger partial charge in [0.1, 0.15) is 0 Å². The van der Waals surface area contributed by atoms with E-state index in [0.717, 1.165) is 49.1 Å². The molecule has 3 aromatic rings. The van der Waals surface area contributed by atoms with Crippen molar-refractivity contribution in [2.24, 2.45) is 0 Å². The first kappa shape index (κ1) is 19.9. The van der Waals surface area contributed by atoms with Crippen molar-refractivity contribution in [1.29, 1.82) is 0 Å². The zero-order valence-corrected chi connectivity index (χ0v) is 17.8. The number of ether oxygens (including phenoxy) is 2. The van der Waals surface area contributed by atoms with Crippen LogP contribution in [-0.2, 0) is 6.54 Å². The quantitative estimate of drug-likeness (QED) is 0.584. The van der Waals surface area contributed by atoms with Gasteiger partial charge in [0.15, 0.2) is 11.5 Å². The number of aromatic nitrogens is 2. The van der Waals surface area contributed by atoms with E-state index in [0.29, 0.717) is 11.8 Å². The van der Waals surface area contributed by atoms with Gasteiger partial charge in [0.25, 0.3) is 5.89 Å². The Morgan fingerprint density at radius 1 is 1.07 bits per heavy atom. The smallest absolute Gasteiger partial charge is 0.257 e. The fourth-order valence-electron chi connectivity index (χ4n) is 3.61. The normalized spacial score (nSPS) is 16.7. The van der Waals surface area contributed by atoms with Gasteiger partial charge in [-0.25, -0.2) is 0 Å². The molecule has 0 saturated carbocycles. The molecule has 1 aliphatic heterocycles. The summed E-state index contributed by atoms with van der Waals surface area (Å²) in [6.07, 6.45) is 0. The average Bonchev–Trinajstić information content (AvgIpc) is 3.45. The van der Waals surface area contributed by atoms with Gasteiger partial charge in [-0.1, -0.05) is 12.1 Å². The molecule has 0 radical (unpaired) electrons. The van der Waals surface area contributed by atoms with E-state index in [4.69, 9.17) is 13.9 Å². The summed E-state index contributed by atoms with van der Waals surface area (Å²) in [6, 6.07) is 10.2. The molecular weight excluding hydrogens is 388 g/mol. The summed E-state index contributed by atoms with van der Waals surface area (Å²) in [7, 11) is 3.33. The molecule has 1 fully saturated rings. The monoisotopic (exact) mass is 414 g/mol. The molecule has 1 aromatic carbocycles. The van der Waals surface area contributed by atoms with Gasteiger partial charge >= 0.3 is 0 Å². The van der Waals surface area contributed by atoms with Gasteiger partial charge in [-0.15, -0.1) is 21.5 Å². The van der Waals surface area contributed by atoms with Crippen molar-refractivity contribution in [3.8, 4) is 22.3 Å². The van der Waals surface area contributed by atoms with E-state index in [-0.39, 0.29) is 6.04 Å². The standard InChI is InChI=1S/C21H26N4O3S/c1-15(20-22-23-21(28-20)19-5-4-12-29-19)25-10-8-24(9-11-25)14-16-6-7-17(26-2)18(13-16)27-3/h4-7,12-13,15H,8-11,14H2,1-3H3/t15-/m0/s1. The molecule has 1 aliphatic rings. The second-order valence-electron chi connectivity index (χ2n) is 7.10. The highest BCUT2D eigenvalue weighted by atomic mass is 32.1. The molecule has 0 bridgehead atoms. The summed E-state index contributed by atoms with van der Waals surface area (Å²) in [5, 5.41) is 10.5. The fraction of sp³-hybridized carbons (Fsp3) is 0.429. The second kappa shape index (κ2) is 8.94. The van der Waals surface area contributed by atoms with Crippen LogP contribution in [0.15, 0.2) is 40.1 Å². The van der Waals surface area contributed by atoms with Gasteiger partial charge < -0.3 is 13.9 Å². The van der Waals surface area contributed by atoms with E-state index in [2.05, 4.69) is 39.1 Å². The molecule has 8 heteroatoms. The zero-order chi connectivity index (χ0) is 20.2.